The van der Waals surface area contributed by atoms with Gasteiger partial charge in [-0.1, -0.05) is 42.5 Å². The molecule has 40 heavy (non-hydrogen) atoms. The normalized spacial score (nSPS) is 23.6. The molecule has 7 heteroatoms. The fourth-order valence-corrected chi connectivity index (χ4v) is 6.46. The summed E-state index contributed by atoms with van der Waals surface area (Å²) >= 11 is 0. The highest BCUT2D eigenvalue weighted by Crippen LogP contribution is 2.65. The van der Waals surface area contributed by atoms with E-state index in [9.17, 15) is 9.90 Å². The van der Waals surface area contributed by atoms with Crippen LogP contribution in [0, 0.1) is 0 Å². The first-order chi connectivity index (χ1) is 19.3. The predicted octanol–water partition coefficient (Wildman–Crippen LogP) is 5.47. The number of nitrogens with zero attached hydrogens (tertiary/aromatic N) is 2. The first kappa shape index (κ1) is 25.1. The zero-order chi connectivity index (χ0) is 27.5. The number of methoxy groups -OCH3 is 1. The summed E-state index contributed by atoms with van der Waals surface area (Å²) in [6.45, 7) is 4.71. The maximum absolute atomic E-state index is 13.0. The predicted molar refractivity (Wildman–Crippen MR) is 157 cm³/mol. The highest BCUT2D eigenvalue weighted by atomic mass is 16.5. The van der Waals surface area contributed by atoms with Gasteiger partial charge in [0.25, 0.3) is 0 Å². The van der Waals surface area contributed by atoms with Crippen LogP contribution in [0.3, 0.4) is 0 Å². The van der Waals surface area contributed by atoms with Crippen LogP contribution in [0.15, 0.2) is 60.7 Å². The van der Waals surface area contributed by atoms with Crippen molar-refractivity contribution in [3.8, 4) is 5.75 Å². The van der Waals surface area contributed by atoms with Crippen molar-refractivity contribution in [1.29, 1.82) is 0 Å². The third-order valence-corrected chi connectivity index (χ3v) is 9.09. The van der Waals surface area contributed by atoms with Crippen molar-refractivity contribution in [2.75, 3.05) is 25.5 Å². The SMILES string of the molecule is COc1ccc2c(c1)[C@]1(C[C@H]1c1ccc3c(/C=C/c4ccc(CN5CCC(C)(O)CC5)cc4)n[nH]c3c1)C(=O)N2. The maximum Gasteiger partial charge on any atom is 0.235 e. The molecule has 3 aliphatic rings. The Labute approximate surface area is 233 Å². The van der Waals surface area contributed by atoms with E-state index in [0.29, 0.717) is 0 Å². The Morgan fingerprint density at radius 1 is 1.07 bits per heavy atom. The average molecular weight is 535 g/mol. The van der Waals surface area contributed by atoms with Crippen LogP contribution >= 0.6 is 0 Å². The number of likely N-dealkylation sites (tertiary alicyclic amines) is 1. The molecule has 2 atom stereocenters. The number of amides is 1. The first-order valence-electron chi connectivity index (χ1n) is 14.0. The number of aromatic amines is 1. The second-order valence-electron chi connectivity index (χ2n) is 11.9. The van der Waals surface area contributed by atoms with Crippen LogP contribution in [0.5, 0.6) is 5.75 Å². The average Bonchev–Trinajstić information content (AvgIpc) is 3.50. The maximum atomic E-state index is 13.0. The summed E-state index contributed by atoms with van der Waals surface area (Å²) in [5, 5.41) is 22.1. The van der Waals surface area contributed by atoms with Gasteiger partial charge in [0.05, 0.1) is 29.3 Å². The minimum atomic E-state index is -0.517. The molecule has 7 nitrogen and oxygen atoms in total. The monoisotopic (exact) mass is 534 g/mol. The number of ether oxygens (including phenoxy) is 1. The molecule has 3 heterocycles. The van der Waals surface area contributed by atoms with Crippen LogP contribution in [0.25, 0.3) is 23.1 Å². The molecule has 2 fully saturated rings. The second kappa shape index (κ2) is 9.32. The molecular formula is C33H34N4O3. The number of anilines is 1. The van der Waals surface area contributed by atoms with Gasteiger partial charge in [0.1, 0.15) is 5.75 Å². The molecule has 2 aliphatic heterocycles. The minimum absolute atomic E-state index is 0.0733. The van der Waals surface area contributed by atoms with Gasteiger partial charge in [-0.05, 0) is 78.8 Å². The van der Waals surface area contributed by atoms with Crippen LogP contribution in [0.2, 0.25) is 0 Å². The lowest BCUT2D eigenvalue weighted by atomic mass is 9.91. The van der Waals surface area contributed by atoms with E-state index in [0.717, 1.165) is 83.6 Å². The van der Waals surface area contributed by atoms with E-state index in [1.807, 2.05) is 31.2 Å². The molecule has 7 rings (SSSR count). The Bertz CT molecular complexity index is 1630. The summed E-state index contributed by atoms with van der Waals surface area (Å²) in [7, 11) is 1.65. The van der Waals surface area contributed by atoms with Crippen molar-refractivity contribution in [3.05, 3.63) is 88.6 Å². The topological polar surface area (TPSA) is 90.5 Å². The summed E-state index contributed by atoms with van der Waals surface area (Å²) in [4.78, 5) is 15.4. The van der Waals surface area contributed by atoms with Crippen molar-refractivity contribution in [3.63, 3.8) is 0 Å². The number of nitrogens with one attached hydrogen (secondary N) is 2. The summed E-state index contributed by atoms with van der Waals surface area (Å²) in [6, 6.07) is 20.8. The lowest BCUT2D eigenvalue weighted by Crippen LogP contribution is -2.41. The number of fused-ring (bicyclic) bond motifs is 3. The van der Waals surface area contributed by atoms with Gasteiger partial charge in [0.15, 0.2) is 0 Å². The molecule has 4 aromatic rings. The summed E-state index contributed by atoms with van der Waals surface area (Å²) in [5.74, 6) is 0.973. The number of aromatic nitrogens is 2. The van der Waals surface area contributed by atoms with Gasteiger partial charge < -0.3 is 15.2 Å². The standard InChI is InChI=1S/C33H34N4O3/c1-32(39)13-15-37(16-14-32)20-22-5-3-21(4-6-22)7-11-28-25-10-8-23(17-30(25)36-35-28)27-19-33(27)26-18-24(40-2)9-12-29(26)34-31(33)38/h3-12,17-18,27,39H,13-16,19-20H2,1-2H3,(H,34,38)(H,35,36)/b11-7+/t27-,33-/m0/s1. The smallest absolute Gasteiger partial charge is 0.235 e. The first-order valence-corrected chi connectivity index (χ1v) is 14.0. The van der Waals surface area contributed by atoms with Crippen molar-refractivity contribution in [2.24, 2.45) is 0 Å². The van der Waals surface area contributed by atoms with E-state index < -0.39 is 11.0 Å². The molecule has 0 radical (unpaired) electrons. The third-order valence-electron chi connectivity index (χ3n) is 9.09. The van der Waals surface area contributed by atoms with Gasteiger partial charge >= 0.3 is 0 Å². The molecule has 1 saturated heterocycles. The van der Waals surface area contributed by atoms with Crippen LogP contribution < -0.4 is 10.1 Å². The molecule has 3 aromatic carbocycles. The molecule has 1 saturated carbocycles. The van der Waals surface area contributed by atoms with Gasteiger partial charge in [0, 0.05) is 36.6 Å². The van der Waals surface area contributed by atoms with Crippen LogP contribution in [-0.2, 0) is 16.8 Å². The Balaban J connectivity index is 1.05. The van der Waals surface area contributed by atoms with Crippen molar-refractivity contribution >= 4 is 34.6 Å². The number of carbonyl (C=O) groups is 1. The zero-order valence-corrected chi connectivity index (χ0v) is 22.9. The van der Waals surface area contributed by atoms with Gasteiger partial charge in [0.2, 0.25) is 5.91 Å². The van der Waals surface area contributed by atoms with E-state index in [2.05, 4.69) is 69.0 Å². The highest BCUT2D eigenvalue weighted by Gasteiger charge is 2.65. The molecule has 0 bridgehead atoms. The van der Waals surface area contributed by atoms with Crippen LogP contribution in [0.4, 0.5) is 5.69 Å². The fraction of sp³-hybridized carbons (Fsp3) is 0.333. The Hall–Kier alpha value is -3.94. The van der Waals surface area contributed by atoms with Gasteiger partial charge in [-0.25, -0.2) is 0 Å². The molecular weight excluding hydrogens is 500 g/mol. The number of hydrogen-bond acceptors (Lipinski definition) is 5. The number of carbonyl (C=O) groups excluding carboxylic acids is 1. The van der Waals surface area contributed by atoms with E-state index in [-0.39, 0.29) is 11.8 Å². The number of piperidine rings is 1. The van der Waals surface area contributed by atoms with Gasteiger partial charge in [-0.3, -0.25) is 14.8 Å². The number of rotatable bonds is 6. The zero-order valence-electron chi connectivity index (χ0n) is 22.9. The van der Waals surface area contributed by atoms with Gasteiger partial charge in [-0.2, -0.15) is 5.10 Å². The lowest BCUT2D eigenvalue weighted by molar-refractivity contribution is -0.118. The summed E-state index contributed by atoms with van der Waals surface area (Å²) < 4.78 is 5.43. The highest BCUT2D eigenvalue weighted by molar-refractivity contribution is 6.10. The second-order valence-corrected chi connectivity index (χ2v) is 11.9. The number of H-pyrrole nitrogens is 1. The summed E-state index contributed by atoms with van der Waals surface area (Å²) in [5.41, 5.74) is 6.30. The van der Waals surface area contributed by atoms with E-state index in [1.54, 1.807) is 7.11 Å². The quantitative estimate of drug-likeness (QED) is 0.305. The third kappa shape index (κ3) is 4.30. The van der Waals surface area contributed by atoms with E-state index >= 15 is 0 Å². The number of hydrogen-bond donors (Lipinski definition) is 3. The Kier molecular flexibility index (Phi) is 5.84. The molecule has 1 aromatic heterocycles. The minimum Gasteiger partial charge on any atom is -0.497 e. The molecule has 1 amide bonds. The molecule has 204 valence electrons. The van der Waals surface area contributed by atoms with E-state index in [1.165, 1.54) is 5.56 Å². The Morgan fingerprint density at radius 3 is 2.65 bits per heavy atom. The molecule has 1 aliphatic carbocycles. The van der Waals surface area contributed by atoms with Crippen LogP contribution in [-0.4, -0.2) is 51.9 Å². The van der Waals surface area contributed by atoms with Crippen molar-refractivity contribution in [1.82, 2.24) is 15.1 Å². The number of benzene rings is 3. The van der Waals surface area contributed by atoms with Crippen molar-refractivity contribution < 1.29 is 14.6 Å². The van der Waals surface area contributed by atoms with Gasteiger partial charge in [-0.15, -0.1) is 0 Å². The van der Waals surface area contributed by atoms with E-state index in [4.69, 9.17) is 4.74 Å². The molecule has 3 N–H and O–H groups in total. The van der Waals surface area contributed by atoms with Crippen LogP contribution in [0.1, 0.15) is 60.1 Å². The molecule has 1 spiro atoms. The fourth-order valence-electron chi connectivity index (χ4n) is 6.46. The van der Waals surface area contributed by atoms with Crippen molar-refractivity contribution in [2.45, 2.75) is 49.7 Å². The summed E-state index contributed by atoms with van der Waals surface area (Å²) in [6.07, 6.45) is 6.58. The largest absolute Gasteiger partial charge is 0.497 e. The number of aliphatic hydroxyl groups is 1. The molecule has 0 unspecified atom stereocenters. The lowest BCUT2D eigenvalue weighted by Gasteiger charge is -2.35. The Morgan fingerprint density at radius 2 is 1.88 bits per heavy atom.